The van der Waals surface area contributed by atoms with E-state index in [1.54, 1.807) is 0 Å². The third-order valence-corrected chi connectivity index (χ3v) is 4.66. The number of benzene rings is 2. The molecule has 0 aromatic heterocycles. The number of likely N-dealkylation sites (N-methyl/N-ethyl adjacent to an activating group) is 1. The first-order valence-electron chi connectivity index (χ1n) is 7.47. The van der Waals surface area contributed by atoms with Crippen LogP contribution < -0.4 is 0 Å². The van der Waals surface area contributed by atoms with Gasteiger partial charge in [0.1, 0.15) is 0 Å². The molecule has 0 bridgehead atoms. The van der Waals surface area contributed by atoms with Crippen LogP contribution in [0.2, 0.25) is 0 Å². The number of halogens is 1. The van der Waals surface area contributed by atoms with E-state index >= 15 is 0 Å². The van der Waals surface area contributed by atoms with Crippen molar-refractivity contribution in [2.45, 2.75) is 24.6 Å². The molecule has 2 nitrogen and oxygen atoms in total. The van der Waals surface area contributed by atoms with Crippen LogP contribution >= 0.6 is 11.6 Å². The Hall–Kier alpha value is -1.54. The molecule has 0 radical (unpaired) electrons. The van der Waals surface area contributed by atoms with Crippen LogP contribution in [-0.4, -0.2) is 29.8 Å². The van der Waals surface area contributed by atoms with Crippen molar-refractivity contribution in [2.75, 3.05) is 13.6 Å². The van der Waals surface area contributed by atoms with Gasteiger partial charge >= 0.3 is 0 Å². The molecule has 0 unspecified atom stereocenters. The second kappa shape index (κ2) is 6.07. The van der Waals surface area contributed by atoms with Crippen molar-refractivity contribution in [3.8, 4) is 0 Å². The Morgan fingerprint density at radius 1 is 1.19 bits per heavy atom. The Kier molecular flexibility index (Phi) is 4.16. The number of nitrogens with zero attached hydrogens (tertiary/aromatic N) is 1. The van der Waals surface area contributed by atoms with Gasteiger partial charge in [0, 0.05) is 19.0 Å². The summed E-state index contributed by atoms with van der Waals surface area (Å²) in [5.41, 5.74) is 1.08. The minimum atomic E-state index is 0.184. The molecule has 0 spiro atoms. The Balaban J connectivity index is 1.62. The molecule has 1 aliphatic carbocycles. The summed E-state index contributed by atoms with van der Waals surface area (Å²) in [5, 5.41) is 2.72. The molecule has 2 aromatic rings. The van der Waals surface area contributed by atoms with Crippen LogP contribution in [0, 0.1) is 5.92 Å². The maximum Gasteiger partial charge on any atom is 0.226 e. The Labute approximate surface area is 130 Å². The normalized spacial score (nSPS) is 21.0. The fourth-order valence-corrected chi connectivity index (χ4v) is 3.45. The molecule has 3 rings (SSSR count). The molecule has 110 valence electrons. The van der Waals surface area contributed by atoms with Crippen LogP contribution in [-0.2, 0) is 11.2 Å². The van der Waals surface area contributed by atoms with Gasteiger partial charge in [-0.3, -0.25) is 4.79 Å². The van der Waals surface area contributed by atoms with Crippen molar-refractivity contribution in [1.82, 2.24) is 4.90 Å². The van der Waals surface area contributed by atoms with Crippen LogP contribution in [0.3, 0.4) is 0 Å². The van der Waals surface area contributed by atoms with E-state index in [1.807, 2.05) is 30.1 Å². The molecule has 0 heterocycles. The summed E-state index contributed by atoms with van der Waals surface area (Å²) in [6, 6.07) is 14.5. The van der Waals surface area contributed by atoms with Crippen LogP contribution in [0.25, 0.3) is 10.8 Å². The molecule has 21 heavy (non-hydrogen) atoms. The van der Waals surface area contributed by atoms with Gasteiger partial charge in [-0.15, -0.1) is 11.6 Å². The molecule has 0 saturated heterocycles. The molecule has 2 aromatic carbocycles. The first-order valence-corrected chi connectivity index (χ1v) is 7.91. The number of alkyl halides is 1. The predicted molar refractivity (Wildman–Crippen MR) is 87.7 cm³/mol. The highest BCUT2D eigenvalue weighted by Gasteiger charge is 2.29. The summed E-state index contributed by atoms with van der Waals surface area (Å²) in [6.07, 6.45) is 2.54. The third kappa shape index (κ3) is 3.38. The average molecular weight is 302 g/mol. The van der Waals surface area contributed by atoms with Crippen molar-refractivity contribution >= 4 is 28.3 Å². The van der Waals surface area contributed by atoms with Gasteiger partial charge in [0.15, 0.2) is 0 Å². The number of fused-ring (bicyclic) bond motifs is 1. The van der Waals surface area contributed by atoms with Gasteiger partial charge in [0.05, 0.1) is 6.42 Å². The van der Waals surface area contributed by atoms with Crippen molar-refractivity contribution < 1.29 is 4.79 Å². The topological polar surface area (TPSA) is 20.3 Å². The smallest absolute Gasteiger partial charge is 0.226 e. The maximum atomic E-state index is 12.3. The first-order chi connectivity index (χ1) is 10.1. The summed E-state index contributed by atoms with van der Waals surface area (Å²) in [5.74, 6) is 0.765. The van der Waals surface area contributed by atoms with E-state index in [-0.39, 0.29) is 5.91 Å². The van der Waals surface area contributed by atoms with E-state index in [0.29, 0.717) is 17.7 Å². The molecule has 0 atom stereocenters. The highest BCUT2D eigenvalue weighted by molar-refractivity contribution is 6.21. The first kappa shape index (κ1) is 14.4. The van der Waals surface area contributed by atoms with Crippen molar-refractivity contribution in [3.63, 3.8) is 0 Å². The standard InChI is InChI=1S/C18H20ClNO/c1-20(12-14-9-17(19)10-14)18(21)11-13-6-7-15-4-2-3-5-16(15)8-13/h2-8,14,17H,9-12H2,1H3. The molecular formula is C18H20ClNO. The molecule has 0 N–H and O–H groups in total. The van der Waals surface area contributed by atoms with Crippen molar-refractivity contribution in [1.29, 1.82) is 0 Å². The molecule has 1 aliphatic rings. The highest BCUT2D eigenvalue weighted by Crippen LogP contribution is 2.32. The van der Waals surface area contributed by atoms with Gasteiger partial charge in [-0.1, -0.05) is 42.5 Å². The molecule has 0 aliphatic heterocycles. The maximum absolute atomic E-state index is 12.3. The Bertz CT molecular complexity index is 648. The second-order valence-corrected chi connectivity index (χ2v) is 6.68. The lowest BCUT2D eigenvalue weighted by molar-refractivity contribution is -0.130. The number of hydrogen-bond acceptors (Lipinski definition) is 1. The lowest BCUT2D eigenvalue weighted by Crippen LogP contribution is -2.38. The van der Waals surface area contributed by atoms with Gasteiger partial charge in [-0.05, 0) is 35.1 Å². The van der Waals surface area contributed by atoms with Gasteiger partial charge in [-0.25, -0.2) is 0 Å². The number of rotatable bonds is 4. The minimum absolute atomic E-state index is 0.184. The number of carbonyl (C=O) groups excluding carboxylic acids is 1. The van der Waals surface area contributed by atoms with Crippen LogP contribution in [0.1, 0.15) is 18.4 Å². The SMILES string of the molecule is CN(CC1CC(Cl)C1)C(=O)Cc1ccc2ccccc2c1. The van der Waals surface area contributed by atoms with E-state index < -0.39 is 0 Å². The fraction of sp³-hybridized carbons (Fsp3) is 0.389. The summed E-state index contributed by atoms with van der Waals surface area (Å²) in [6.45, 7) is 0.829. The average Bonchev–Trinajstić information content (AvgIpc) is 2.45. The minimum Gasteiger partial charge on any atom is -0.345 e. The number of hydrogen-bond donors (Lipinski definition) is 0. The molecule has 1 amide bonds. The number of amides is 1. The number of carbonyl (C=O) groups is 1. The van der Waals surface area contributed by atoms with Crippen LogP contribution in [0.5, 0.6) is 0 Å². The summed E-state index contributed by atoms with van der Waals surface area (Å²) in [4.78, 5) is 14.1. The third-order valence-electron chi connectivity index (χ3n) is 4.31. The van der Waals surface area contributed by atoms with E-state index in [9.17, 15) is 4.79 Å². The summed E-state index contributed by atoms with van der Waals surface area (Å²) < 4.78 is 0. The van der Waals surface area contributed by atoms with E-state index in [2.05, 4.69) is 24.3 Å². The second-order valence-electron chi connectivity index (χ2n) is 6.07. The van der Waals surface area contributed by atoms with Gasteiger partial charge in [-0.2, -0.15) is 0 Å². The monoisotopic (exact) mass is 301 g/mol. The van der Waals surface area contributed by atoms with E-state index in [1.165, 1.54) is 10.8 Å². The largest absolute Gasteiger partial charge is 0.345 e. The van der Waals surface area contributed by atoms with Crippen LogP contribution in [0.15, 0.2) is 42.5 Å². The molecule has 1 fully saturated rings. The molecule has 1 saturated carbocycles. The van der Waals surface area contributed by atoms with Gasteiger partial charge in [0.2, 0.25) is 5.91 Å². The predicted octanol–water partition coefficient (Wildman–Crippen LogP) is 3.86. The van der Waals surface area contributed by atoms with Crippen molar-refractivity contribution in [3.05, 3.63) is 48.0 Å². The summed E-state index contributed by atoms with van der Waals surface area (Å²) in [7, 11) is 1.89. The molecule has 3 heteroatoms. The lowest BCUT2D eigenvalue weighted by Gasteiger charge is -2.34. The van der Waals surface area contributed by atoms with Crippen molar-refractivity contribution in [2.24, 2.45) is 5.92 Å². The van der Waals surface area contributed by atoms with E-state index in [0.717, 1.165) is 24.9 Å². The lowest BCUT2D eigenvalue weighted by atomic mass is 9.84. The Morgan fingerprint density at radius 2 is 1.90 bits per heavy atom. The zero-order valence-corrected chi connectivity index (χ0v) is 13.0. The fourth-order valence-electron chi connectivity index (χ4n) is 2.95. The Morgan fingerprint density at radius 3 is 2.62 bits per heavy atom. The zero-order valence-electron chi connectivity index (χ0n) is 12.3. The molecular weight excluding hydrogens is 282 g/mol. The van der Waals surface area contributed by atoms with Gasteiger partial charge < -0.3 is 4.90 Å². The van der Waals surface area contributed by atoms with E-state index in [4.69, 9.17) is 11.6 Å². The zero-order chi connectivity index (χ0) is 14.8. The quantitative estimate of drug-likeness (QED) is 0.785. The van der Waals surface area contributed by atoms with Crippen LogP contribution in [0.4, 0.5) is 0 Å². The highest BCUT2D eigenvalue weighted by atomic mass is 35.5. The van der Waals surface area contributed by atoms with Gasteiger partial charge in [0.25, 0.3) is 0 Å². The summed E-state index contributed by atoms with van der Waals surface area (Å²) >= 11 is 5.99.